The van der Waals surface area contributed by atoms with Crippen molar-refractivity contribution >= 4 is 24.0 Å². The minimum Gasteiger partial charge on any atom is -0.359 e. The Morgan fingerprint density at radius 3 is 2.88 bits per heavy atom. The maximum absolute atomic E-state index is 11.7. The lowest BCUT2D eigenvalue weighted by Crippen LogP contribution is -2.43. The van der Waals surface area contributed by atoms with Gasteiger partial charge < -0.3 is 16.0 Å². The molecule has 8 nitrogen and oxygen atoms in total. The zero-order valence-electron chi connectivity index (χ0n) is 9.19. The number of carbonyl (C=O) groups excluding carboxylic acids is 3. The van der Waals surface area contributed by atoms with Crippen LogP contribution in [0.3, 0.4) is 0 Å². The Labute approximate surface area is 97.2 Å². The summed E-state index contributed by atoms with van der Waals surface area (Å²) in [6, 6.07) is 0.625. The van der Waals surface area contributed by atoms with Crippen molar-refractivity contribution in [2.45, 2.75) is 12.5 Å². The zero-order chi connectivity index (χ0) is 12.7. The second-order valence-electron chi connectivity index (χ2n) is 3.16. The third-order valence-electron chi connectivity index (χ3n) is 2.01. The molecule has 4 N–H and O–H groups in total. The van der Waals surface area contributed by atoms with E-state index in [4.69, 9.17) is 0 Å². The van der Waals surface area contributed by atoms with Crippen molar-refractivity contribution in [2.24, 2.45) is 0 Å². The molecule has 8 heteroatoms. The van der Waals surface area contributed by atoms with Gasteiger partial charge in [0.25, 0.3) is 0 Å². The highest BCUT2D eigenvalue weighted by Gasteiger charge is 2.21. The fraction of sp³-hybridized carbons (Fsp3) is 0.333. The van der Waals surface area contributed by atoms with Crippen LogP contribution in [-0.4, -0.2) is 41.5 Å². The van der Waals surface area contributed by atoms with Crippen molar-refractivity contribution in [1.29, 1.82) is 0 Å². The molecule has 92 valence electrons. The maximum atomic E-state index is 11.7. The number of aromatic amines is 1. The number of anilines is 1. The van der Waals surface area contributed by atoms with Crippen molar-refractivity contribution in [2.75, 3.05) is 12.4 Å². The predicted octanol–water partition coefficient (Wildman–Crippen LogP) is -1.40. The molecule has 0 aliphatic heterocycles. The fourth-order valence-electron chi connectivity index (χ4n) is 1.14. The van der Waals surface area contributed by atoms with Gasteiger partial charge >= 0.3 is 0 Å². The fourth-order valence-corrected chi connectivity index (χ4v) is 1.14. The van der Waals surface area contributed by atoms with E-state index in [2.05, 4.69) is 26.1 Å². The van der Waals surface area contributed by atoms with E-state index >= 15 is 0 Å². The number of carbonyl (C=O) groups is 3. The Hall–Kier alpha value is -2.38. The first-order valence-electron chi connectivity index (χ1n) is 4.88. The van der Waals surface area contributed by atoms with Gasteiger partial charge in [-0.3, -0.25) is 19.5 Å². The molecule has 0 aromatic carbocycles. The molecule has 1 atom stereocenters. The number of nitrogens with one attached hydrogen (secondary N) is 4. The summed E-state index contributed by atoms with van der Waals surface area (Å²) >= 11 is 0. The Kier molecular flexibility index (Phi) is 4.67. The molecule has 1 aromatic heterocycles. The topological polar surface area (TPSA) is 116 Å². The van der Waals surface area contributed by atoms with E-state index in [1.807, 2.05) is 0 Å². The molecular formula is C9H13N5O3. The van der Waals surface area contributed by atoms with Gasteiger partial charge in [0.05, 0.1) is 6.42 Å². The smallest absolute Gasteiger partial charge is 0.248 e. The SMILES string of the molecule is CNC(=O)CC(NC=O)C(=O)Nc1cc[nH]n1. The van der Waals surface area contributed by atoms with Crippen LogP contribution in [0.4, 0.5) is 5.82 Å². The van der Waals surface area contributed by atoms with Gasteiger partial charge in [-0.2, -0.15) is 5.10 Å². The van der Waals surface area contributed by atoms with Crippen LogP contribution in [0.25, 0.3) is 0 Å². The van der Waals surface area contributed by atoms with Crippen molar-refractivity contribution in [3.63, 3.8) is 0 Å². The first-order chi connectivity index (χ1) is 8.17. The average molecular weight is 239 g/mol. The quantitative estimate of drug-likeness (QED) is 0.457. The standard InChI is InChI=1S/C9H13N5O3/c1-10-8(16)4-6(11-5-15)9(17)13-7-2-3-12-14-7/h2-3,5-6H,4H2,1H3,(H,10,16)(H,11,15)(H2,12,13,14,17). The summed E-state index contributed by atoms with van der Waals surface area (Å²) in [5.41, 5.74) is 0. The largest absolute Gasteiger partial charge is 0.359 e. The van der Waals surface area contributed by atoms with Crippen LogP contribution in [0.2, 0.25) is 0 Å². The number of aromatic nitrogens is 2. The van der Waals surface area contributed by atoms with Crippen LogP contribution >= 0.6 is 0 Å². The molecule has 1 rings (SSSR count). The molecule has 1 aromatic rings. The zero-order valence-corrected chi connectivity index (χ0v) is 9.19. The Balaban J connectivity index is 2.59. The van der Waals surface area contributed by atoms with Crippen LogP contribution in [0.15, 0.2) is 12.3 Å². The molecule has 0 aliphatic carbocycles. The van der Waals surface area contributed by atoms with Crippen LogP contribution < -0.4 is 16.0 Å². The lowest BCUT2D eigenvalue weighted by atomic mass is 10.2. The minimum absolute atomic E-state index is 0.133. The highest BCUT2D eigenvalue weighted by atomic mass is 16.2. The summed E-state index contributed by atoms with van der Waals surface area (Å²) < 4.78 is 0. The molecule has 1 heterocycles. The number of amides is 3. The highest BCUT2D eigenvalue weighted by molar-refractivity contribution is 5.97. The third kappa shape index (κ3) is 3.93. The number of rotatable bonds is 6. The summed E-state index contributed by atoms with van der Waals surface area (Å²) in [6.45, 7) is 0. The molecule has 0 spiro atoms. The molecule has 0 aliphatic rings. The van der Waals surface area contributed by atoms with Gasteiger partial charge in [0.1, 0.15) is 6.04 Å². The van der Waals surface area contributed by atoms with Gasteiger partial charge in [-0.25, -0.2) is 0 Å². The first kappa shape index (κ1) is 12.7. The minimum atomic E-state index is -0.927. The summed E-state index contributed by atoms with van der Waals surface area (Å²) in [7, 11) is 1.45. The van der Waals surface area contributed by atoms with E-state index in [9.17, 15) is 14.4 Å². The van der Waals surface area contributed by atoms with E-state index in [1.165, 1.54) is 13.2 Å². The molecule has 3 amide bonds. The van der Waals surface area contributed by atoms with E-state index in [0.717, 1.165) is 0 Å². The van der Waals surface area contributed by atoms with Gasteiger partial charge in [-0.1, -0.05) is 0 Å². The Morgan fingerprint density at radius 2 is 2.35 bits per heavy atom. The van der Waals surface area contributed by atoms with E-state index < -0.39 is 11.9 Å². The van der Waals surface area contributed by atoms with Gasteiger partial charge in [-0.15, -0.1) is 0 Å². The van der Waals surface area contributed by atoms with Crippen LogP contribution in [0.1, 0.15) is 6.42 Å². The van der Waals surface area contributed by atoms with Gasteiger partial charge in [0, 0.05) is 19.3 Å². The summed E-state index contributed by atoms with van der Waals surface area (Å²) in [6.07, 6.45) is 1.78. The molecule has 0 radical (unpaired) electrons. The van der Waals surface area contributed by atoms with E-state index in [0.29, 0.717) is 12.2 Å². The highest BCUT2D eigenvalue weighted by Crippen LogP contribution is 2.01. The lowest BCUT2D eigenvalue weighted by molar-refractivity contribution is -0.126. The second kappa shape index (κ2) is 6.26. The first-order valence-corrected chi connectivity index (χ1v) is 4.88. The predicted molar refractivity (Wildman–Crippen MR) is 58.9 cm³/mol. The van der Waals surface area contributed by atoms with E-state index in [1.54, 1.807) is 6.07 Å². The summed E-state index contributed by atoms with van der Waals surface area (Å²) in [4.78, 5) is 33.2. The number of hydrogen-bond donors (Lipinski definition) is 4. The molecule has 1 unspecified atom stereocenters. The van der Waals surface area contributed by atoms with Crippen LogP contribution in [0, 0.1) is 0 Å². The maximum Gasteiger partial charge on any atom is 0.248 e. The monoisotopic (exact) mass is 239 g/mol. The van der Waals surface area contributed by atoms with Crippen molar-refractivity contribution < 1.29 is 14.4 Å². The van der Waals surface area contributed by atoms with Crippen LogP contribution in [0.5, 0.6) is 0 Å². The Morgan fingerprint density at radius 1 is 1.59 bits per heavy atom. The summed E-state index contributed by atoms with van der Waals surface area (Å²) in [5, 5.41) is 13.3. The van der Waals surface area contributed by atoms with E-state index in [-0.39, 0.29) is 12.3 Å². The molecule has 0 bridgehead atoms. The molecule has 0 saturated heterocycles. The normalized spacial score (nSPS) is 11.4. The number of hydrogen-bond acceptors (Lipinski definition) is 4. The van der Waals surface area contributed by atoms with Crippen molar-refractivity contribution in [1.82, 2.24) is 20.8 Å². The molecule has 0 fully saturated rings. The molecule has 17 heavy (non-hydrogen) atoms. The third-order valence-corrected chi connectivity index (χ3v) is 2.01. The lowest BCUT2D eigenvalue weighted by Gasteiger charge is -2.13. The average Bonchev–Trinajstić information content (AvgIpc) is 2.81. The van der Waals surface area contributed by atoms with Crippen molar-refractivity contribution in [3.05, 3.63) is 12.3 Å². The summed E-state index contributed by atoms with van der Waals surface area (Å²) in [5.74, 6) is -0.529. The van der Waals surface area contributed by atoms with Gasteiger partial charge in [-0.05, 0) is 0 Å². The Bertz CT molecular complexity index is 389. The van der Waals surface area contributed by atoms with Crippen LogP contribution in [-0.2, 0) is 14.4 Å². The molecule has 0 saturated carbocycles. The number of H-pyrrole nitrogens is 1. The second-order valence-corrected chi connectivity index (χ2v) is 3.16. The van der Waals surface area contributed by atoms with Crippen molar-refractivity contribution in [3.8, 4) is 0 Å². The number of nitrogens with zero attached hydrogens (tertiary/aromatic N) is 1. The van der Waals surface area contributed by atoms with Gasteiger partial charge in [0.2, 0.25) is 18.2 Å². The molecular weight excluding hydrogens is 226 g/mol. The van der Waals surface area contributed by atoms with Gasteiger partial charge in [0.15, 0.2) is 5.82 Å².